The smallest absolute Gasteiger partial charge is 0.304 e. The van der Waals surface area contributed by atoms with E-state index in [0.29, 0.717) is 17.7 Å². The van der Waals surface area contributed by atoms with Gasteiger partial charge in [0.1, 0.15) is 0 Å². The van der Waals surface area contributed by atoms with Gasteiger partial charge in [-0.25, -0.2) is 10.4 Å². The average molecular weight is 296 g/mol. The van der Waals surface area contributed by atoms with Crippen LogP contribution in [0.15, 0.2) is 54.6 Å². The van der Waals surface area contributed by atoms with Gasteiger partial charge in [-0.15, -0.1) is 0 Å². The molecule has 1 heterocycles. The van der Waals surface area contributed by atoms with Crippen LogP contribution >= 0.6 is 0 Å². The molecule has 1 aliphatic heterocycles. The number of carbonyl (C=O) groups is 2. The summed E-state index contributed by atoms with van der Waals surface area (Å²) in [5.41, 5.74) is 5.34. The van der Waals surface area contributed by atoms with Gasteiger partial charge < -0.3 is 4.74 Å². The molecule has 3 rings (SSSR count). The number of hydrazine groups is 1. The van der Waals surface area contributed by atoms with Gasteiger partial charge >= 0.3 is 5.97 Å². The van der Waals surface area contributed by atoms with Crippen LogP contribution in [-0.2, 0) is 16.1 Å². The molecule has 5 heteroatoms. The molecule has 0 radical (unpaired) electrons. The average Bonchev–Trinajstić information content (AvgIpc) is 2.79. The molecule has 1 N–H and O–H groups in total. The topological polar surface area (TPSA) is 58.6 Å². The van der Waals surface area contributed by atoms with Crippen LogP contribution in [0.1, 0.15) is 34.6 Å². The van der Waals surface area contributed by atoms with Gasteiger partial charge in [0.05, 0.1) is 0 Å². The van der Waals surface area contributed by atoms with Crippen LogP contribution in [-0.4, -0.2) is 16.9 Å². The number of nitrogens with one attached hydrogen (secondary N) is 1. The monoisotopic (exact) mass is 296 g/mol. The van der Waals surface area contributed by atoms with E-state index in [1.807, 2.05) is 36.4 Å². The Morgan fingerprint density at radius 3 is 2.55 bits per heavy atom. The highest BCUT2D eigenvalue weighted by atomic mass is 16.6. The normalized spacial score (nSPS) is 16.5. The number of hydrogen-bond acceptors (Lipinski definition) is 4. The zero-order valence-corrected chi connectivity index (χ0v) is 12.2. The van der Waals surface area contributed by atoms with Gasteiger partial charge in [0.2, 0.25) is 6.23 Å². The van der Waals surface area contributed by atoms with Crippen molar-refractivity contribution in [3.63, 3.8) is 0 Å². The first-order valence-electron chi connectivity index (χ1n) is 7.04. The summed E-state index contributed by atoms with van der Waals surface area (Å²) >= 11 is 0. The van der Waals surface area contributed by atoms with E-state index in [4.69, 9.17) is 4.74 Å². The third-order valence-corrected chi connectivity index (χ3v) is 3.48. The van der Waals surface area contributed by atoms with E-state index < -0.39 is 12.2 Å². The van der Waals surface area contributed by atoms with Crippen molar-refractivity contribution in [2.24, 2.45) is 0 Å². The predicted octanol–water partition coefficient (Wildman–Crippen LogP) is 2.41. The van der Waals surface area contributed by atoms with E-state index in [2.05, 4.69) is 5.43 Å². The fraction of sp³-hybridized carbons (Fsp3) is 0.176. The lowest BCUT2D eigenvalue weighted by Crippen LogP contribution is -2.41. The highest BCUT2D eigenvalue weighted by Crippen LogP contribution is 2.33. The fourth-order valence-corrected chi connectivity index (χ4v) is 2.48. The Kier molecular flexibility index (Phi) is 3.89. The van der Waals surface area contributed by atoms with E-state index in [1.54, 1.807) is 18.2 Å². The van der Waals surface area contributed by atoms with Crippen molar-refractivity contribution >= 4 is 11.9 Å². The van der Waals surface area contributed by atoms with E-state index in [-0.39, 0.29) is 5.91 Å². The highest BCUT2D eigenvalue weighted by Gasteiger charge is 2.38. The van der Waals surface area contributed by atoms with E-state index in [1.165, 1.54) is 11.9 Å². The minimum Gasteiger partial charge on any atom is -0.436 e. The zero-order valence-electron chi connectivity index (χ0n) is 12.2. The first-order chi connectivity index (χ1) is 10.7. The summed E-state index contributed by atoms with van der Waals surface area (Å²) in [6.07, 6.45) is -0.732. The van der Waals surface area contributed by atoms with Crippen molar-refractivity contribution < 1.29 is 14.3 Å². The third-order valence-electron chi connectivity index (χ3n) is 3.48. The van der Waals surface area contributed by atoms with Crippen LogP contribution < -0.4 is 5.43 Å². The molecule has 2 aromatic carbocycles. The van der Waals surface area contributed by atoms with Crippen LogP contribution in [0, 0.1) is 0 Å². The fourth-order valence-electron chi connectivity index (χ4n) is 2.48. The maximum atomic E-state index is 12.5. The summed E-state index contributed by atoms with van der Waals surface area (Å²) in [6.45, 7) is 1.80. The van der Waals surface area contributed by atoms with Crippen LogP contribution in [0.25, 0.3) is 0 Å². The first-order valence-corrected chi connectivity index (χ1v) is 7.04. The third kappa shape index (κ3) is 2.71. The van der Waals surface area contributed by atoms with Crippen molar-refractivity contribution in [3.8, 4) is 0 Å². The molecule has 112 valence electrons. The number of amides is 1. The summed E-state index contributed by atoms with van der Waals surface area (Å²) in [7, 11) is 0. The molecule has 5 nitrogen and oxygen atoms in total. The lowest BCUT2D eigenvalue weighted by molar-refractivity contribution is -0.156. The molecular formula is C17H16N2O3. The summed E-state index contributed by atoms with van der Waals surface area (Å²) in [4.78, 5) is 23.8. The number of hydrogen-bond donors (Lipinski definition) is 1. The molecule has 0 bridgehead atoms. The first kappa shape index (κ1) is 14.3. The quantitative estimate of drug-likeness (QED) is 0.880. The van der Waals surface area contributed by atoms with Gasteiger partial charge in [0.25, 0.3) is 5.91 Å². The van der Waals surface area contributed by atoms with Crippen molar-refractivity contribution in [2.45, 2.75) is 19.7 Å². The van der Waals surface area contributed by atoms with Gasteiger partial charge in [-0.05, 0) is 11.6 Å². The van der Waals surface area contributed by atoms with Crippen LogP contribution in [0.3, 0.4) is 0 Å². The summed E-state index contributed by atoms with van der Waals surface area (Å²) in [5.74, 6) is -0.626. The van der Waals surface area contributed by atoms with Crippen molar-refractivity contribution in [3.05, 3.63) is 71.3 Å². The van der Waals surface area contributed by atoms with Crippen LogP contribution in [0.5, 0.6) is 0 Å². The second-order valence-corrected chi connectivity index (χ2v) is 5.04. The summed E-state index contributed by atoms with van der Waals surface area (Å²) in [6, 6.07) is 16.9. The Balaban J connectivity index is 1.83. The Labute approximate surface area is 128 Å². The molecule has 1 atom stereocenters. The molecule has 1 unspecified atom stereocenters. The minimum atomic E-state index is -0.732. The molecule has 1 aliphatic rings. The van der Waals surface area contributed by atoms with Gasteiger partial charge in [-0.3, -0.25) is 9.59 Å². The van der Waals surface area contributed by atoms with E-state index in [0.717, 1.165) is 5.56 Å². The number of fused-ring (bicyclic) bond motifs is 1. The summed E-state index contributed by atoms with van der Waals surface area (Å²) < 4.78 is 5.31. The van der Waals surface area contributed by atoms with Crippen molar-refractivity contribution in [2.75, 3.05) is 0 Å². The standard InChI is InChI=1S/C17H16N2O3/c1-12(20)22-17-15-10-6-5-9-14(15)16(21)19(17)18-11-13-7-3-2-4-8-13/h2-10,17-18H,11H2,1H3. The number of rotatable bonds is 4. The Morgan fingerprint density at radius 1 is 1.14 bits per heavy atom. The second kappa shape index (κ2) is 5.99. The molecule has 22 heavy (non-hydrogen) atoms. The molecule has 0 aliphatic carbocycles. The van der Waals surface area contributed by atoms with Gasteiger partial charge in [0, 0.05) is 24.6 Å². The Morgan fingerprint density at radius 2 is 1.82 bits per heavy atom. The molecule has 2 aromatic rings. The molecule has 0 spiro atoms. The van der Waals surface area contributed by atoms with E-state index >= 15 is 0 Å². The predicted molar refractivity (Wildman–Crippen MR) is 80.4 cm³/mol. The Hall–Kier alpha value is -2.66. The molecule has 0 saturated carbocycles. The van der Waals surface area contributed by atoms with Gasteiger partial charge in [-0.1, -0.05) is 48.5 Å². The molecule has 0 saturated heterocycles. The van der Waals surface area contributed by atoms with Crippen molar-refractivity contribution in [1.82, 2.24) is 10.4 Å². The molecular weight excluding hydrogens is 280 g/mol. The number of nitrogens with zero attached hydrogens (tertiary/aromatic N) is 1. The maximum Gasteiger partial charge on any atom is 0.304 e. The maximum absolute atomic E-state index is 12.5. The Bertz CT molecular complexity index is 700. The zero-order chi connectivity index (χ0) is 15.5. The number of benzene rings is 2. The number of esters is 1. The van der Waals surface area contributed by atoms with Crippen LogP contribution in [0.4, 0.5) is 0 Å². The van der Waals surface area contributed by atoms with Gasteiger partial charge in [-0.2, -0.15) is 0 Å². The lowest BCUT2D eigenvalue weighted by atomic mass is 10.1. The number of carbonyl (C=O) groups excluding carboxylic acids is 2. The highest BCUT2D eigenvalue weighted by molar-refractivity contribution is 5.98. The largest absolute Gasteiger partial charge is 0.436 e. The van der Waals surface area contributed by atoms with E-state index in [9.17, 15) is 9.59 Å². The lowest BCUT2D eigenvalue weighted by Gasteiger charge is -2.25. The SMILES string of the molecule is CC(=O)OC1c2ccccc2C(=O)N1NCc1ccccc1. The number of ether oxygens (including phenoxy) is 1. The van der Waals surface area contributed by atoms with Crippen molar-refractivity contribution in [1.29, 1.82) is 0 Å². The minimum absolute atomic E-state index is 0.196. The van der Waals surface area contributed by atoms with Gasteiger partial charge in [0.15, 0.2) is 0 Å². The second-order valence-electron chi connectivity index (χ2n) is 5.04. The molecule has 1 amide bonds. The molecule has 0 fully saturated rings. The van der Waals surface area contributed by atoms with Crippen LogP contribution in [0.2, 0.25) is 0 Å². The molecule has 0 aromatic heterocycles. The summed E-state index contributed by atoms with van der Waals surface area (Å²) in [5, 5.41) is 1.37.